The van der Waals surface area contributed by atoms with Crippen LogP contribution in [0, 0.1) is 0 Å². The van der Waals surface area contributed by atoms with Crippen LogP contribution in [0.4, 0.5) is 11.6 Å². The lowest BCUT2D eigenvalue weighted by Crippen LogP contribution is -2.40. The molecule has 30 heavy (non-hydrogen) atoms. The first-order valence-electron chi connectivity index (χ1n) is 10.2. The quantitative estimate of drug-likeness (QED) is 0.479. The lowest BCUT2D eigenvalue weighted by atomic mass is 10.0. The molecule has 1 aliphatic rings. The number of aromatic nitrogens is 3. The minimum absolute atomic E-state index is 0.266. The summed E-state index contributed by atoms with van der Waals surface area (Å²) in [4.78, 5) is 7.01. The van der Waals surface area contributed by atoms with Gasteiger partial charge in [-0.25, -0.2) is 4.98 Å². The smallest absolute Gasteiger partial charge is 0.185 e. The number of para-hydroxylation sites is 1. The van der Waals surface area contributed by atoms with E-state index in [2.05, 4.69) is 21.2 Å². The van der Waals surface area contributed by atoms with Crippen molar-refractivity contribution in [3.63, 3.8) is 0 Å². The fourth-order valence-electron chi connectivity index (χ4n) is 3.88. The van der Waals surface area contributed by atoms with Crippen molar-refractivity contribution in [2.24, 2.45) is 5.73 Å². The summed E-state index contributed by atoms with van der Waals surface area (Å²) in [6.45, 7) is 1.78. The first-order valence-corrected chi connectivity index (χ1v) is 10.2. The number of benzene rings is 2. The molecule has 7 heteroatoms. The van der Waals surface area contributed by atoms with Gasteiger partial charge in [-0.3, -0.25) is 5.10 Å². The molecule has 0 spiro atoms. The first-order chi connectivity index (χ1) is 14.7. The third-order valence-corrected chi connectivity index (χ3v) is 5.55. The maximum Gasteiger partial charge on any atom is 0.185 e. The Kier molecular flexibility index (Phi) is 4.72. The fourth-order valence-corrected chi connectivity index (χ4v) is 3.88. The highest BCUT2D eigenvalue weighted by Gasteiger charge is 2.21. The topological polar surface area (TPSA) is 106 Å². The van der Waals surface area contributed by atoms with Crippen molar-refractivity contribution >= 4 is 22.7 Å². The number of nitrogen functional groups attached to an aromatic ring is 1. The van der Waals surface area contributed by atoms with Crippen LogP contribution in [0.3, 0.4) is 0 Å². The average Bonchev–Trinajstić information content (AvgIpc) is 3.16. The van der Waals surface area contributed by atoms with Crippen molar-refractivity contribution in [2.45, 2.75) is 18.9 Å². The number of H-pyrrole nitrogens is 1. The van der Waals surface area contributed by atoms with E-state index in [4.69, 9.17) is 21.2 Å². The van der Waals surface area contributed by atoms with Crippen molar-refractivity contribution in [3.8, 4) is 22.6 Å². The first kappa shape index (κ1) is 18.4. The van der Waals surface area contributed by atoms with Gasteiger partial charge in [0, 0.05) is 24.7 Å². The van der Waals surface area contributed by atoms with Gasteiger partial charge in [0.1, 0.15) is 23.1 Å². The Bertz CT molecular complexity index is 1150. The molecule has 1 aliphatic heterocycles. The minimum Gasteiger partial charge on any atom is -0.457 e. The van der Waals surface area contributed by atoms with Crippen LogP contribution in [0.15, 0.2) is 60.7 Å². The summed E-state index contributed by atoms with van der Waals surface area (Å²) >= 11 is 0. The molecule has 1 fully saturated rings. The van der Waals surface area contributed by atoms with E-state index in [1.54, 1.807) is 0 Å². The number of nitrogens with zero attached hydrogens (tertiary/aromatic N) is 3. The summed E-state index contributed by atoms with van der Waals surface area (Å²) in [5.74, 6) is 3.01. The standard InChI is InChI=1S/C23H24N6O/c24-16-10-12-29(13-11-16)20-14-19(21-22(25)27-28-23(21)26-20)15-6-8-18(9-7-15)30-17-4-2-1-3-5-17/h1-9,14,16H,10-13,24H2,(H3,25,26,27,28). The lowest BCUT2D eigenvalue weighted by molar-refractivity contribution is 0.483. The van der Waals surface area contributed by atoms with E-state index in [-0.39, 0.29) is 6.04 Å². The van der Waals surface area contributed by atoms with Gasteiger partial charge >= 0.3 is 0 Å². The molecular weight excluding hydrogens is 376 g/mol. The van der Waals surface area contributed by atoms with Gasteiger partial charge in [-0.15, -0.1) is 0 Å². The molecule has 0 amide bonds. The number of nitrogens with two attached hydrogens (primary N) is 2. The molecule has 0 bridgehead atoms. The van der Waals surface area contributed by atoms with E-state index in [1.165, 1.54) is 0 Å². The van der Waals surface area contributed by atoms with E-state index in [1.807, 2.05) is 54.6 Å². The predicted molar refractivity (Wildman–Crippen MR) is 120 cm³/mol. The van der Waals surface area contributed by atoms with Crippen molar-refractivity contribution in [3.05, 3.63) is 60.7 Å². The summed E-state index contributed by atoms with van der Waals surface area (Å²) < 4.78 is 5.92. The molecule has 0 radical (unpaired) electrons. The normalized spacial score (nSPS) is 14.9. The van der Waals surface area contributed by atoms with E-state index in [0.29, 0.717) is 11.5 Å². The molecule has 2 aromatic carbocycles. The molecule has 2 aromatic heterocycles. The molecule has 5 N–H and O–H groups in total. The monoisotopic (exact) mass is 400 g/mol. The molecule has 3 heterocycles. The lowest BCUT2D eigenvalue weighted by Gasteiger charge is -2.31. The van der Waals surface area contributed by atoms with Gasteiger partial charge in [-0.2, -0.15) is 5.10 Å². The number of piperidine rings is 1. The third kappa shape index (κ3) is 3.55. The summed E-state index contributed by atoms with van der Waals surface area (Å²) in [5, 5.41) is 8.02. The second kappa shape index (κ2) is 7.68. The van der Waals surface area contributed by atoms with Gasteiger partial charge < -0.3 is 21.1 Å². The molecule has 4 aromatic rings. The van der Waals surface area contributed by atoms with Crippen molar-refractivity contribution in [1.82, 2.24) is 15.2 Å². The summed E-state index contributed by atoms with van der Waals surface area (Å²) in [5.41, 5.74) is 14.9. The maximum atomic E-state index is 6.18. The number of anilines is 2. The molecule has 152 valence electrons. The van der Waals surface area contributed by atoms with Crippen molar-refractivity contribution < 1.29 is 4.74 Å². The average molecular weight is 400 g/mol. The number of aromatic amines is 1. The van der Waals surface area contributed by atoms with E-state index >= 15 is 0 Å². The van der Waals surface area contributed by atoms with E-state index in [9.17, 15) is 0 Å². The Labute approximate surface area is 174 Å². The number of ether oxygens (including phenoxy) is 1. The van der Waals surface area contributed by atoms with Gasteiger partial charge in [-0.05, 0) is 48.7 Å². The van der Waals surface area contributed by atoms with Gasteiger partial charge in [0.25, 0.3) is 0 Å². The third-order valence-electron chi connectivity index (χ3n) is 5.55. The Hall–Kier alpha value is -3.58. The van der Waals surface area contributed by atoms with Gasteiger partial charge in [0.2, 0.25) is 0 Å². The second-order valence-corrected chi connectivity index (χ2v) is 7.63. The minimum atomic E-state index is 0.266. The predicted octanol–water partition coefficient (Wildman–Crippen LogP) is 3.93. The Morgan fingerprint density at radius 1 is 0.967 bits per heavy atom. The van der Waals surface area contributed by atoms with Crippen molar-refractivity contribution in [2.75, 3.05) is 23.7 Å². The Balaban J connectivity index is 1.50. The molecule has 1 saturated heterocycles. The largest absolute Gasteiger partial charge is 0.457 e. The Morgan fingerprint density at radius 3 is 2.40 bits per heavy atom. The van der Waals surface area contributed by atoms with Crippen LogP contribution >= 0.6 is 0 Å². The van der Waals surface area contributed by atoms with Crippen molar-refractivity contribution in [1.29, 1.82) is 0 Å². The number of pyridine rings is 1. The molecule has 7 nitrogen and oxygen atoms in total. The fraction of sp³-hybridized carbons (Fsp3) is 0.217. The zero-order valence-corrected chi connectivity index (χ0v) is 16.6. The number of hydrogen-bond acceptors (Lipinski definition) is 6. The molecular formula is C23H24N6O. The SMILES string of the molecule is Nc1[nH]nc2nc(N3CCC(N)CC3)cc(-c3ccc(Oc4ccccc4)cc3)c12. The number of nitrogens with one attached hydrogen (secondary N) is 1. The van der Waals surface area contributed by atoms with E-state index in [0.717, 1.165) is 59.8 Å². The molecule has 0 aliphatic carbocycles. The highest BCUT2D eigenvalue weighted by molar-refractivity contribution is 6.01. The van der Waals surface area contributed by atoms with Gasteiger partial charge in [0.05, 0.1) is 5.39 Å². The zero-order valence-electron chi connectivity index (χ0n) is 16.6. The Morgan fingerprint density at radius 2 is 1.67 bits per heavy atom. The molecule has 5 rings (SSSR count). The van der Waals surface area contributed by atoms with Crippen LogP contribution in [0.5, 0.6) is 11.5 Å². The van der Waals surface area contributed by atoms with Crippen LogP contribution < -0.4 is 21.1 Å². The summed E-state index contributed by atoms with van der Waals surface area (Å²) in [6.07, 6.45) is 1.92. The molecule has 0 unspecified atom stereocenters. The van der Waals surface area contributed by atoms with Crippen LogP contribution in [-0.2, 0) is 0 Å². The van der Waals surface area contributed by atoms with Crippen LogP contribution in [0.1, 0.15) is 12.8 Å². The number of fused-ring (bicyclic) bond motifs is 1. The molecule has 0 atom stereocenters. The van der Waals surface area contributed by atoms with Crippen LogP contribution in [0.25, 0.3) is 22.2 Å². The van der Waals surface area contributed by atoms with Gasteiger partial charge in [-0.1, -0.05) is 30.3 Å². The summed E-state index contributed by atoms with van der Waals surface area (Å²) in [7, 11) is 0. The van der Waals surface area contributed by atoms with Crippen LogP contribution in [0.2, 0.25) is 0 Å². The molecule has 0 saturated carbocycles. The van der Waals surface area contributed by atoms with E-state index < -0.39 is 0 Å². The highest BCUT2D eigenvalue weighted by atomic mass is 16.5. The highest BCUT2D eigenvalue weighted by Crippen LogP contribution is 2.35. The summed E-state index contributed by atoms with van der Waals surface area (Å²) in [6, 6.07) is 20.1. The number of rotatable bonds is 4. The second-order valence-electron chi connectivity index (χ2n) is 7.63. The van der Waals surface area contributed by atoms with Crippen LogP contribution in [-0.4, -0.2) is 34.3 Å². The van der Waals surface area contributed by atoms with Gasteiger partial charge in [0.15, 0.2) is 5.65 Å². The number of hydrogen-bond donors (Lipinski definition) is 3. The zero-order chi connectivity index (χ0) is 20.5. The maximum absolute atomic E-state index is 6.18.